The van der Waals surface area contributed by atoms with Crippen molar-refractivity contribution in [3.8, 4) is 6.19 Å². The van der Waals surface area contributed by atoms with E-state index in [1.807, 2.05) is 0 Å². The highest BCUT2D eigenvalue weighted by Crippen LogP contribution is 2.25. The molecule has 3 nitrogen and oxygen atoms in total. The van der Waals surface area contributed by atoms with Crippen molar-refractivity contribution in [3.05, 3.63) is 0 Å². The predicted molar refractivity (Wildman–Crippen MR) is 44.9 cm³/mol. The molecule has 1 aliphatic rings. The first kappa shape index (κ1) is 9.05. The zero-order valence-corrected chi connectivity index (χ0v) is 7.18. The van der Waals surface area contributed by atoms with Crippen molar-refractivity contribution < 1.29 is 4.79 Å². The van der Waals surface area contributed by atoms with Crippen molar-refractivity contribution in [1.29, 1.82) is 5.26 Å². The van der Waals surface area contributed by atoms with Gasteiger partial charge in [0.25, 0.3) is 0 Å². The third kappa shape index (κ3) is 2.91. The molecule has 66 valence electrons. The lowest BCUT2D eigenvalue weighted by molar-refractivity contribution is -0.121. The van der Waals surface area contributed by atoms with Gasteiger partial charge in [-0.25, -0.2) is 0 Å². The van der Waals surface area contributed by atoms with Gasteiger partial charge in [0.15, 0.2) is 6.19 Å². The second-order valence-electron chi connectivity index (χ2n) is 3.37. The van der Waals surface area contributed by atoms with Crippen LogP contribution in [-0.2, 0) is 4.79 Å². The fraction of sp³-hybridized carbons (Fsp3) is 0.778. The summed E-state index contributed by atoms with van der Waals surface area (Å²) in [5, 5.41) is 10.3. The lowest BCUT2D eigenvalue weighted by Crippen LogP contribution is -2.21. The van der Waals surface area contributed by atoms with Crippen LogP contribution in [0.25, 0.3) is 0 Å². The minimum absolute atomic E-state index is 0.121. The summed E-state index contributed by atoms with van der Waals surface area (Å²) < 4.78 is 0. The second-order valence-corrected chi connectivity index (χ2v) is 3.37. The van der Waals surface area contributed by atoms with Gasteiger partial charge in [0.2, 0.25) is 5.91 Å². The molecule has 1 aliphatic carbocycles. The molecule has 0 aromatic rings. The van der Waals surface area contributed by atoms with Gasteiger partial charge in [0.1, 0.15) is 0 Å². The van der Waals surface area contributed by atoms with E-state index < -0.39 is 0 Å². The first-order valence-corrected chi connectivity index (χ1v) is 4.51. The Kier molecular flexibility index (Phi) is 3.59. The topological polar surface area (TPSA) is 52.9 Å². The van der Waals surface area contributed by atoms with Gasteiger partial charge >= 0.3 is 0 Å². The van der Waals surface area contributed by atoms with Crippen LogP contribution in [0.5, 0.6) is 0 Å². The maximum atomic E-state index is 11.0. The van der Waals surface area contributed by atoms with E-state index in [4.69, 9.17) is 5.26 Å². The molecule has 1 saturated carbocycles. The molecule has 0 atom stereocenters. The molecule has 0 unspecified atom stereocenters. The molecule has 1 rings (SSSR count). The number of amides is 1. The van der Waals surface area contributed by atoms with Crippen LogP contribution in [0.3, 0.4) is 0 Å². The Balaban J connectivity index is 2.21. The van der Waals surface area contributed by atoms with Crippen molar-refractivity contribution in [2.24, 2.45) is 5.92 Å². The first-order valence-electron chi connectivity index (χ1n) is 4.51. The van der Waals surface area contributed by atoms with Gasteiger partial charge in [0, 0.05) is 6.42 Å². The van der Waals surface area contributed by atoms with Gasteiger partial charge in [-0.1, -0.05) is 19.3 Å². The number of nitrogens with zero attached hydrogens (tertiary/aromatic N) is 1. The highest BCUT2D eigenvalue weighted by molar-refractivity contribution is 5.77. The highest BCUT2D eigenvalue weighted by Gasteiger charge is 2.16. The maximum absolute atomic E-state index is 11.0. The maximum Gasteiger partial charge on any atom is 0.233 e. The molecular formula is C9H14N2O. The normalized spacial score (nSPS) is 18.2. The minimum atomic E-state index is -0.121. The molecule has 12 heavy (non-hydrogen) atoms. The smallest absolute Gasteiger partial charge is 0.233 e. The van der Waals surface area contributed by atoms with Crippen LogP contribution in [-0.4, -0.2) is 5.91 Å². The molecule has 0 spiro atoms. The molecule has 0 heterocycles. The van der Waals surface area contributed by atoms with Crippen LogP contribution in [0.1, 0.15) is 38.5 Å². The van der Waals surface area contributed by atoms with Crippen molar-refractivity contribution in [2.75, 3.05) is 0 Å². The standard InChI is InChI=1S/C9H14N2O/c10-7-11-9(12)6-8-4-2-1-3-5-8/h8H,1-6H2,(H,11,12). The van der Waals surface area contributed by atoms with Crippen molar-refractivity contribution in [3.63, 3.8) is 0 Å². The molecular weight excluding hydrogens is 152 g/mol. The monoisotopic (exact) mass is 166 g/mol. The largest absolute Gasteiger partial charge is 0.274 e. The summed E-state index contributed by atoms with van der Waals surface area (Å²) in [5.74, 6) is 0.400. The van der Waals surface area contributed by atoms with E-state index in [1.54, 1.807) is 6.19 Å². The van der Waals surface area contributed by atoms with Crippen LogP contribution in [0.4, 0.5) is 0 Å². The molecule has 0 saturated heterocycles. The Morgan fingerprint density at radius 1 is 1.42 bits per heavy atom. The van der Waals surface area contributed by atoms with Crippen LogP contribution >= 0.6 is 0 Å². The van der Waals surface area contributed by atoms with E-state index in [-0.39, 0.29) is 5.91 Å². The number of hydrogen-bond acceptors (Lipinski definition) is 2. The van der Waals surface area contributed by atoms with Crippen LogP contribution in [0.2, 0.25) is 0 Å². The Labute approximate surface area is 72.8 Å². The molecule has 0 aromatic heterocycles. The van der Waals surface area contributed by atoms with Gasteiger partial charge in [-0.2, -0.15) is 5.26 Å². The van der Waals surface area contributed by atoms with E-state index in [2.05, 4.69) is 5.32 Å². The van der Waals surface area contributed by atoms with E-state index >= 15 is 0 Å². The summed E-state index contributed by atoms with van der Waals surface area (Å²) in [6.07, 6.45) is 8.28. The third-order valence-electron chi connectivity index (χ3n) is 2.39. The van der Waals surface area contributed by atoms with Crippen LogP contribution in [0.15, 0.2) is 0 Å². The van der Waals surface area contributed by atoms with Crippen molar-refractivity contribution >= 4 is 5.91 Å². The molecule has 3 heteroatoms. The van der Waals surface area contributed by atoms with E-state index in [9.17, 15) is 4.79 Å². The molecule has 1 fully saturated rings. The fourth-order valence-electron chi connectivity index (χ4n) is 1.77. The number of hydrogen-bond donors (Lipinski definition) is 1. The molecule has 0 radical (unpaired) electrons. The minimum Gasteiger partial charge on any atom is -0.274 e. The summed E-state index contributed by atoms with van der Waals surface area (Å²) in [7, 11) is 0. The molecule has 0 bridgehead atoms. The summed E-state index contributed by atoms with van der Waals surface area (Å²) in [6, 6.07) is 0. The van der Waals surface area contributed by atoms with Gasteiger partial charge in [-0.05, 0) is 18.8 Å². The summed E-state index contributed by atoms with van der Waals surface area (Å²) in [6.45, 7) is 0. The van der Waals surface area contributed by atoms with Gasteiger partial charge < -0.3 is 0 Å². The molecule has 1 amide bonds. The summed E-state index contributed by atoms with van der Waals surface area (Å²) in [5.41, 5.74) is 0. The van der Waals surface area contributed by atoms with Crippen molar-refractivity contribution in [2.45, 2.75) is 38.5 Å². The lowest BCUT2D eigenvalue weighted by atomic mass is 9.87. The Bertz CT molecular complexity index is 189. The molecule has 1 N–H and O–H groups in total. The number of nitrogens with one attached hydrogen (secondary N) is 1. The zero-order chi connectivity index (χ0) is 8.81. The number of nitriles is 1. The van der Waals surface area contributed by atoms with Crippen molar-refractivity contribution in [1.82, 2.24) is 5.32 Å². The highest BCUT2D eigenvalue weighted by atomic mass is 16.1. The Morgan fingerprint density at radius 3 is 2.67 bits per heavy atom. The summed E-state index contributed by atoms with van der Waals surface area (Å²) in [4.78, 5) is 11.0. The zero-order valence-electron chi connectivity index (χ0n) is 7.18. The predicted octanol–water partition coefficient (Wildman–Crippen LogP) is 1.55. The van der Waals surface area contributed by atoms with Crippen LogP contribution in [0, 0.1) is 17.4 Å². The third-order valence-corrected chi connectivity index (χ3v) is 2.39. The average Bonchev–Trinajstić information content (AvgIpc) is 2.06. The first-order chi connectivity index (χ1) is 5.83. The Morgan fingerprint density at radius 2 is 2.08 bits per heavy atom. The SMILES string of the molecule is N#CNC(=O)CC1CCCCC1. The number of rotatable bonds is 2. The van der Waals surface area contributed by atoms with E-state index in [1.165, 1.54) is 19.3 Å². The lowest BCUT2D eigenvalue weighted by Gasteiger charge is -2.19. The van der Waals surface area contributed by atoms with Crippen LogP contribution < -0.4 is 5.32 Å². The van der Waals surface area contributed by atoms with Gasteiger partial charge in [-0.15, -0.1) is 0 Å². The van der Waals surface area contributed by atoms with Gasteiger partial charge in [0.05, 0.1) is 0 Å². The second kappa shape index (κ2) is 4.76. The Hall–Kier alpha value is -1.04. The molecule has 0 aromatic carbocycles. The van der Waals surface area contributed by atoms with E-state index in [0.29, 0.717) is 12.3 Å². The fourth-order valence-corrected chi connectivity index (χ4v) is 1.77. The average molecular weight is 166 g/mol. The number of carbonyl (C=O) groups excluding carboxylic acids is 1. The van der Waals surface area contributed by atoms with E-state index in [0.717, 1.165) is 12.8 Å². The number of carbonyl (C=O) groups is 1. The quantitative estimate of drug-likeness (QED) is 0.500. The molecule has 0 aliphatic heterocycles. The summed E-state index contributed by atoms with van der Waals surface area (Å²) >= 11 is 0. The van der Waals surface area contributed by atoms with Gasteiger partial charge in [-0.3, -0.25) is 10.1 Å².